The molecule has 0 aliphatic heterocycles. The average Bonchev–Trinajstić information content (AvgIpc) is 2.99. The molecule has 0 bridgehead atoms. The Morgan fingerprint density at radius 1 is 1.00 bits per heavy atom. The van der Waals surface area contributed by atoms with Gasteiger partial charge < -0.3 is 4.42 Å². The highest BCUT2D eigenvalue weighted by Crippen LogP contribution is 2.35. The van der Waals surface area contributed by atoms with Crippen LogP contribution in [0.3, 0.4) is 0 Å². The van der Waals surface area contributed by atoms with Gasteiger partial charge in [0.25, 0.3) is 5.22 Å². The monoisotopic (exact) mass is 328 g/mol. The molecule has 3 rings (SSSR count). The fourth-order valence-corrected chi connectivity index (χ4v) is 3.01. The van der Waals surface area contributed by atoms with E-state index in [1.807, 2.05) is 25.1 Å². The second kappa shape index (κ2) is 6.54. The summed E-state index contributed by atoms with van der Waals surface area (Å²) in [6.45, 7) is 6.15. The zero-order chi connectivity index (χ0) is 16.4. The first kappa shape index (κ1) is 15.7. The lowest BCUT2D eigenvalue weighted by Gasteiger charge is -2.08. The minimum atomic E-state index is -0.235. The molecule has 0 fully saturated rings. The van der Waals surface area contributed by atoms with Crippen LogP contribution in [0, 0.1) is 19.7 Å². The van der Waals surface area contributed by atoms with Crippen molar-refractivity contribution in [2.75, 3.05) is 0 Å². The Hall–Kier alpha value is -2.14. The van der Waals surface area contributed by atoms with E-state index in [0.29, 0.717) is 11.1 Å². The topological polar surface area (TPSA) is 38.9 Å². The van der Waals surface area contributed by atoms with Crippen molar-refractivity contribution in [2.24, 2.45) is 0 Å². The van der Waals surface area contributed by atoms with Crippen LogP contribution in [0.4, 0.5) is 4.39 Å². The molecule has 2 aromatic carbocycles. The molecule has 0 N–H and O–H groups in total. The Balaban J connectivity index is 1.76. The highest BCUT2D eigenvalue weighted by molar-refractivity contribution is 7.99. The molecule has 0 radical (unpaired) electrons. The van der Waals surface area contributed by atoms with Crippen molar-refractivity contribution < 1.29 is 8.81 Å². The van der Waals surface area contributed by atoms with Gasteiger partial charge in [-0.2, -0.15) is 0 Å². The van der Waals surface area contributed by atoms with Gasteiger partial charge in [-0.25, -0.2) is 4.39 Å². The highest BCUT2D eigenvalue weighted by Gasteiger charge is 2.14. The lowest BCUT2D eigenvalue weighted by atomic mass is 10.1. The predicted octanol–water partition coefficient (Wildman–Crippen LogP) is 5.35. The molecule has 118 valence electrons. The quantitative estimate of drug-likeness (QED) is 0.606. The summed E-state index contributed by atoms with van der Waals surface area (Å²) in [6, 6.07) is 12.5. The number of hydrogen-bond acceptors (Lipinski definition) is 4. The van der Waals surface area contributed by atoms with Gasteiger partial charge in [0.15, 0.2) is 0 Å². The summed E-state index contributed by atoms with van der Waals surface area (Å²) < 4.78 is 18.7. The molecule has 0 aliphatic carbocycles. The third-order valence-electron chi connectivity index (χ3n) is 3.78. The van der Waals surface area contributed by atoms with E-state index in [1.165, 1.54) is 35.0 Å². The van der Waals surface area contributed by atoms with Gasteiger partial charge in [-0.1, -0.05) is 30.0 Å². The van der Waals surface area contributed by atoms with Crippen molar-refractivity contribution in [3.8, 4) is 11.5 Å². The number of benzene rings is 2. The molecule has 0 spiro atoms. The van der Waals surface area contributed by atoms with Crippen molar-refractivity contribution in [3.63, 3.8) is 0 Å². The van der Waals surface area contributed by atoms with Crippen LogP contribution < -0.4 is 0 Å². The molecule has 1 unspecified atom stereocenters. The van der Waals surface area contributed by atoms with E-state index in [9.17, 15) is 4.39 Å². The normalized spacial score (nSPS) is 12.3. The summed E-state index contributed by atoms with van der Waals surface area (Å²) in [4.78, 5) is 0. The Bertz CT molecular complexity index is 814. The van der Waals surface area contributed by atoms with Gasteiger partial charge in [-0.3, -0.25) is 0 Å². The van der Waals surface area contributed by atoms with Gasteiger partial charge in [-0.15, -0.1) is 10.2 Å². The van der Waals surface area contributed by atoms with Crippen LogP contribution in [0.1, 0.15) is 28.9 Å². The SMILES string of the molecule is Cc1ccc(-c2nnc(SC(C)c3ccc(F)cc3)o2)cc1C. The molecular weight excluding hydrogens is 311 g/mol. The van der Waals surface area contributed by atoms with Crippen LogP contribution in [0.15, 0.2) is 52.1 Å². The number of aryl methyl sites for hydroxylation is 2. The molecule has 0 aliphatic rings. The minimum Gasteiger partial charge on any atom is -0.411 e. The fraction of sp³-hybridized carbons (Fsp3) is 0.222. The first-order valence-electron chi connectivity index (χ1n) is 7.36. The molecule has 0 saturated heterocycles. The van der Waals surface area contributed by atoms with Crippen molar-refractivity contribution in [3.05, 3.63) is 65.0 Å². The highest BCUT2D eigenvalue weighted by atomic mass is 32.2. The molecular formula is C18H17FN2OS. The summed E-state index contributed by atoms with van der Waals surface area (Å²) in [5.74, 6) is 0.280. The van der Waals surface area contributed by atoms with E-state index in [0.717, 1.165) is 11.1 Å². The van der Waals surface area contributed by atoms with E-state index in [-0.39, 0.29) is 11.1 Å². The van der Waals surface area contributed by atoms with Gasteiger partial charge in [-0.05, 0) is 61.7 Å². The lowest BCUT2D eigenvalue weighted by molar-refractivity contribution is 0.465. The molecule has 1 heterocycles. The Morgan fingerprint density at radius 2 is 1.74 bits per heavy atom. The Kier molecular flexibility index (Phi) is 4.48. The van der Waals surface area contributed by atoms with Crippen LogP contribution in [-0.2, 0) is 0 Å². The summed E-state index contributed by atoms with van der Waals surface area (Å²) in [7, 11) is 0. The van der Waals surface area contributed by atoms with Gasteiger partial charge in [0.1, 0.15) is 5.82 Å². The van der Waals surface area contributed by atoms with Crippen LogP contribution in [-0.4, -0.2) is 10.2 Å². The van der Waals surface area contributed by atoms with E-state index in [2.05, 4.69) is 24.0 Å². The van der Waals surface area contributed by atoms with Crippen molar-refractivity contribution in [1.29, 1.82) is 0 Å². The number of halogens is 1. The molecule has 3 aromatic rings. The second-order valence-electron chi connectivity index (χ2n) is 5.48. The number of hydrogen-bond donors (Lipinski definition) is 0. The second-order valence-corrected chi connectivity index (χ2v) is 6.78. The van der Waals surface area contributed by atoms with Crippen LogP contribution in [0.5, 0.6) is 0 Å². The molecule has 23 heavy (non-hydrogen) atoms. The molecule has 5 heteroatoms. The van der Waals surface area contributed by atoms with Crippen molar-refractivity contribution in [2.45, 2.75) is 31.2 Å². The van der Waals surface area contributed by atoms with E-state index in [1.54, 1.807) is 12.1 Å². The van der Waals surface area contributed by atoms with Crippen LogP contribution >= 0.6 is 11.8 Å². The summed E-state index contributed by atoms with van der Waals surface area (Å²) >= 11 is 1.46. The van der Waals surface area contributed by atoms with Crippen LogP contribution in [0.25, 0.3) is 11.5 Å². The first-order chi connectivity index (χ1) is 11.0. The number of thioether (sulfide) groups is 1. The fourth-order valence-electron chi connectivity index (χ4n) is 2.20. The zero-order valence-electron chi connectivity index (χ0n) is 13.2. The van der Waals surface area contributed by atoms with Crippen LogP contribution in [0.2, 0.25) is 0 Å². The Morgan fingerprint density at radius 3 is 2.43 bits per heavy atom. The van der Waals surface area contributed by atoms with E-state index in [4.69, 9.17) is 4.42 Å². The maximum atomic E-state index is 13.0. The summed E-state index contributed by atoms with van der Waals surface area (Å²) in [5.41, 5.74) is 4.35. The molecule has 0 amide bonds. The van der Waals surface area contributed by atoms with E-state index < -0.39 is 0 Å². The first-order valence-corrected chi connectivity index (χ1v) is 8.24. The van der Waals surface area contributed by atoms with Gasteiger partial charge in [0.2, 0.25) is 5.89 Å². The third-order valence-corrected chi connectivity index (χ3v) is 4.77. The zero-order valence-corrected chi connectivity index (χ0v) is 14.0. The van der Waals surface area contributed by atoms with Crippen molar-refractivity contribution in [1.82, 2.24) is 10.2 Å². The summed E-state index contributed by atoms with van der Waals surface area (Å²) in [6.07, 6.45) is 0. The standard InChI is InChI=1S/C18H17FN2OS/c1-11-4-5-15(10-12(11)2)17-20-21-18(22-17)23-13(3)14-6-8-16(19)9-7-14/h4-10,13H,1-3H3. The minimum absolute atomic E-state index is 0.101. The predicted molar refractivity (Wildman–Crippen MR) is 89.9 cm³/mol. The Labute approximate surface area is 138 Å². The van der Waals surface area contributed by atoms with Crippen molar-refractivity contribution >= 4 is 11.8 Å². The maximum absolute atomic E-state index is 13.0. The average molecular weight is 328 g/mol. The number of nitrogens with zero attached hydrogens (tertiary/aromatic N) is 2. The maximum Gasteiger partial charge on any atom is 0.277 e. The lowest BCUT2D eigenvalue weighted by Crippen LogP contribution is -1.88. The molecule has 1 atom stereocenters. The third kappa shape index (κ3) is 3.62. The summed E-state index contributed by atoms with van der Waals surface area (Å²) in [5, 5.41) is 8.83. The molecule has 3 nitrogen and oxygen atoms in total. The largest absolute Gasteiger partial charge is 0.411 e. The smallest absolute Gasteiger partial charge is 0.277 e. The number of rotatable bonds is 4. The van der Waals surface area contributed by atoms with Gasteiger partial charge in [0.05, 0.1) is 0 Å². The number of aromatic nitrogens is 2. The van der Waals surface area contributed by atoms with Gasteiger partial charge >= 0.3 is 0 Å². The van der Waals surface area contributed by atoms with E-state index >= 15 is 0 Å². The molecule has 1 aromatic heterocycles. The molecule has 0 saturated carbocycles. The van der Waals surface area contributed by atoms with Gasteiger partial charge in [0, 0.05) is 10.8 Å².